The van der Waals surface area contributed by atoms with Gasteiger partial charge in [0.15, 0.2) is 5.96 Å². The van der Waals surface area contributed by atoms with E-state index in [1.807, 2.05) is 7.05 Å². The summed E-state index contributed by atoms with van der Waals surface area (Å²) < 4.78 is 0. The molecule has 0 aromatic heterocycles. The lowest BCUT2D eigenvalue weighted by molar-refractivity contribution is -0.123. The molecule has 1 unspecified atom stereocenters. The van der Waals surface area contributed by atoms with E-state index in [0.717, 1.165) is 63.9 Å². The lowest BCUT2D eigenvalue weighted by atomic mass is 9.78. The molecule has 1 aliphatic carbocycles. The highest BCUT2D eigenvalue weighted by atomic mass is 16.1. The molecule has 1 saturated heterocycles. The lowest BCUT2D eigenvalue weighted by Crippen LogP contribution is -2.45. The summed E-state index contributed by atoms with van der Waals surface area (Å²) in [5.41, 5.74) is 5.91. The minimum atomic E-state index is -0.148. The highest BCUT2D eigenvalue weighted by Gasteiger charge is 2.34. The molecule has 2 fully saturated rings. The van der Waals surface area contributed by atoms with E-state index in [1.54, 1.807) is 0 Å². The van der Waals surface area contributed by atoms with E-state index in [-0.39, 0.29) is 11.8 Å². The molecule has 6 heteroatoms. The number of likely N-dealkylation sites (tertiary alicyclic amines) is 1. The fraction of sp³-hybridized carbons (Fsp3) is 0.905. The quantitative estimate of drug-likeness (QED) is 0.326. The summed E-state index contributed by atoms with van der Waals surface area (Å²) >= 11 is 0. The molecule has 2 aliphatic rings. The van der Waals surface area contributed by atoms with Crippen molar-refractivity contribution in [1.29, 1.82) is 0 Å². The van der Waals surface area contributed by atoms with Gasteiger partial charge in [-0.2, -0.15) is 0 Å². The summed E-state index contributed by atoms with van der Waals surface area (Å²) in [5.74, 6) is 1.54. The highest BCUT2D eigenvalue weighted by molar-refractivity contribution is 5.79. The average Bonchev–Trinajstić information content (AvgIpc) is 3.09. The van der Waals surface area contributed by atoms with Crippen molar-refractivity contribution in [1.82, 2.24) is 15.5 Å². The smallest absolute Gasteiger partial charge is 0.221 e. The molecule has 1 atom stereocenters. The molecular weight excluding hydrogens is 338 g/mol. The Morgan fingerprint density at radius 1 is 1.26 bits per heavy atom. The molecule has 156 valence electrons. The number of nitrogens with one attached hydrogen (secondary N) is 2. The van der Waals surface area contributed by atoms with Crippen molar-refractivity contribution in [3.05, 3.63) is 0 Å². The maximum atomic E-state index is 11.4. The van der Waals surface area contributed by atoms with E-state index in [0.29, 0.717) is 5.41 Å². The number of piperidine rings is 1. The second kappa shape index (κ2) is 10.9. The van der Waals surface area contributed by atoms with Crippen LogP contribution in [0.1, 0.15) is 65.2 Å². The van der Waals surface area contributed by atoms with Crippen LogP contribution in [0.4, 0.5) is 0 Å². The molecule has 27 heavy (non-hydrogen) atoms. The topological polar surface area (TPSA) is 82.8 Å². The number of nitrogens with two attached hydrogens (primary N) is 1. The van der Waals surface area contributed by atoms with Crippen LogP contribution in [0.5, 0.6) is 0 Å². The number of amides is 1. The van der Waals surface area contributed by atoms with Gasteiger partial charge in [-0.1, -0.05) is 26.7 Å². The maximum absolute atomic E-state index is 11.4. The fourth-order valence-electron chi connectivity index (χ4n) is 4.94. The molecule has 0 aromatic carbocycles. The fourth-order valence-corrected chi connectivity index (χ4v) is 4.94. The van der Waals surface area contributed by atoms with Crippen LogP contribution in [-0.4, -0.2) is 56.5 Å². The first-order valence-electron chi connectivity index (χ1n) is 10.9. The van der Waals surface area contributed by atoms with Crippen molar-refractivity contribution < 1.29 is 4.79 Å². The molecule has 6 nitrogen and oxygen atoms in total. The number of aliphatic imine (C=N–C) groups is 1. The number of carbonyl (C=O) groups excluding carboxylic acids is 1. The number of primary amides is 1. The van der Waals surface area contributed by atoms with Gasteiger partial charge in [0.05, 0.1) is 5.92 Å². The summed E-state index contributed by atoms with van der Waals surface area (Å²) in [4.78, 5) is 18.2. The van der Waals surface area contributed by atoms with Crippen LogP contribution < -0.4 is 16.4 Å². The van der Waals surface area contributed by atoms with Gasteiger partial charge in [-0.15, -0.1) is 0 Å². The zero-order valence-electron chi connectivity index (χ0n) is 17.7. The van der Waals surface area contributed by atoms with Gasteiger partial charge in [0.25, 0.3) is 0 Å². The molecule has 0 radical (unpaired) electrons. The summed E-state index contributed by atoms with van der Waals surface area (Å²) in [6.07, 6.45) is 9.76. The summed E-state index contributed by atoms with van der Waals surface area (Å²) in [7, 11) is 1.85. The van der Waals surface area contributed by atoms with Crippen LogP contribution in [0.15, 0.2) is 4.99 Å². The normalized spacial score (nSPS) is 23.6. The number of nitrogens with zero attached hydrogens (tertiary/aromatic N) is 2. The van der Waals surface area contributed by atoms with Crippen LogP contribution in [-0.2, 0) is 4.79 Å². The van der Waals surface area contributed by atoms with E-state index < -0.39 is 0 Å². The predicted molar refractivity (Wildman–Crippen MR) is 113 cm³/mol. The molecule has 1 amide bonds. The van der Waals surface area contributed by atoms with E-state index in [9.17, 15) is 4.79 Å². The van der Waals surface area contributed by atoms with Crippen molar-refractivity contribution in [2.45, 2.75) is 65.2 Å². The Bertz CT molecular complexity index is 485. The van der Waals surface area contributed by atoms with Crippen LogP contribution in [0.25, 0.3) is 0 Å². The summed E-state index contributed by atoms with van der Waals surface area (Å²) in [6.45, 7) is 9.48. The molecule has 2 rings (SSSR count). The summed E-state index contributed by atoms with van der Waals surface area (Å²) in [5, 5.41) is 7.04. The first-order chi connectivity index (χ1) is 12.9. The molecular formula is C21H41N5O. The average molecular weight is 380 g/mol. The van der Waals surface area contributed by atoms with Crippen LogP contribution in [0.2, 0.25) is 0 Å². The lowest BCUT2D eigenvalue weighted by Gasteiger charge is -2.32. The van der Waals surface area contributed by atoms with Gasteiger partial charge in [0.1, 0.15) is 0 Å². The number of guanidine groups is 1. The van der Waals surface area contributed by atoms with E-state index in [4.69, 9.17) is 5.73 Å². The highest BCUT2D eigenvalue weighted by Crippen LogP contribution is 2.42. The first-order valence-corrected chi connectivity index (χ1v) is 10.9. The molecule has 1 saturated carbocycles. The van der Waals surface area contributed by atoms with Crippen molar-refractivity contribution in [3.8, 4) is 0 Å². The number of carbonyl (C=O) groups is 1. The predicted octanol–water partition coefficient (Wildman–Crippen LogP) is 2.35. The van der Waals surface area contributed by atoms with Gasteiger partial charge in [-0.3, -0.25) is 9.79 Å². The maximum Gasteiger partial charge on any atom is 0.221 e. The Balaban J connectivity index is 1.67. The molecule has 1 aliphatic heterocycles. The molecule has 1 heterocycles. The van der Waals surface area contributed by atoms with E-state index in [1.165, 1.54) is 32.1 Å². The van der Waals surface area contributed by atoms with Crippen molar-refractivity contribution in [3.63, 3.8) is 0 Å². The van der Waals surface area contributed by atoms with E-state index in [2.05, 4.69) is 34.4 Å². The first kappa shape index (κ1) is 22.0. The third-order valence-corrected chi connectivity index (χ3v) is 6.21. The second-order valence-corrected chi connectivity index (χ2v) is 9.05. The van der Waals surface area contributed by atoms with Gasteiger partial charge in [0, 0.05) is 26.7 Å². The standard InChI is InChI=1S/C21H41N5O/c1-17(2)14-21(9-4-5-10-21)16-25-20(23-3)24-11-7-13-26-12-6-8-18(15-26)19(22)27/h17-18H,4-16H2,1-3H3,(H2,22,27)(H2,23,24,25). The van der Waals surface area contributed by atoms with Gasteiger partial charge >= 0.3 is 0 Å². The minimum absolute atomic E-state index is 0.0321. The van der Waals surface area contributed by atoms with Crippen LogP contribution in [0, 0.1) is 17.3 Å². The minimum Gasteiger partial charge on any atom is -0.369 e. The molecule has 0 aromatic rings. The third kappa shape index (κ3) is 7.32. The van der Waals surface area contributed by atoms with Gasteiger partial charge in [-0.25, -0.2) is 0 Å². The Hall–Kier alpha value is -1.30. The monoisotopic (exact) mass is 379 g/mol. The summed E-state index contributed by atoms with van der Waals surface area (Å²) in [6, 6.07) is 0. The third-order valence-electron chi connectivity index (χ3n) is 6.21. The van der Waals surface area contributed by atoms with Gasteiger partial charge in [0.2, 0.25) is 5.91 Å². The number of hydrogen-bond acceptors (Lipinski definition) is 3. The zero-order chi connectivity index (χ0) is 19.7. The Kier molecular flexibility index (Phi) is 8.87. The van der Waals surface area contributed by atoms with Crippen LogP contribution >= 0.6 is 0 Å². The Morgan fingerprint density at radius 3 is 2.63 bits per heavy atom. The zero-order valence-corrected chi connectivity index (χ0v) is 17.7. The van der Waals surface area contributed by atoms with E-state index >= 15 is 0 Å². The number of rotatable bonds is 9. The van der Waals surface area contributed by atoms with Crippen molar-refractivity contribution >= 4 is 11.9 Å². The van der Waals surface area contributed by atoms with Crippen molar-refractivity contribution in [2.75, 3.05) is 39.8 Å². The van der Waals surface area contributed by atoms with Crippen molar-refractivity contribution in [2.24, 2.45) is 28.0 Å². The molecule has 0 bridgehead atoms. The Morgan fingerprint density at radius 2 is 2.00 bits per heavy atom. The molecule has 0 spiro atoms. The van der Waals surface area contributed by atoms with Gasteiger partial charge < -0.3 is 21.3 Å². The SMILES string of the molecule is CN=C(NCCCN1CCCC(C(N)=O)C1)NCC1(CC(C)C)CCCC1. The number of hydrogen-bond donors (Lipinski definition) is 3. The molecule has 4 N–H and O–H groups in total. The largest absolute Gasteiger partial charge is 0.369 e. The van der Waals surface area contributed by atoms with Crippen LogP contribution in [0.3, 0.4) is 0 Å². The Labute approximate surface area is 165 Å². The van der Waals surface area contributed by atoms with Gasteiger partial charge in [-0.05, 0) is 62.9 Å². The second-order valence-electron chi connectivity index (χ2n) is 9.05.